The maximum absolute atomic E-state index is 12.7. The number of hydrogen-bond acceptors (Lipinski definition) is 7. The minimum Gasteiger partial charge on any atom is -0.469 e. The Hall–Kier alpha value is -3.40. The Balaban J connectivity index is 1.24. The molecule has 9 heteroatoms. The van der Waals surface area contributed by atoms with Gasteiger partial charge in [-0.3, -0.25) is 14.3 Å². The van der Waals surface area contributed by atoms with E-state index in [1.807, 2.05) is 60.0 Å². The highest BCUT2D eigenvalue weighted by Gasteiger charge is 2.19. The van der Waals surface area contributed by atoms with Gasteiger partial charge in [-0.15, -0.1) is 10.2 Å². The summed E-state index contributed by atoms with van der Waals surface area (Å²) in [5.41, 5.74) is 3.79. The van der Waals surface area contributed by atoms with Crippen molar-refractivity contribution in [3.63, 3.8) is 0 Å². The van der Waals surface area contributed by atoms with Crippen LogP contribution in [0.4, 0.5) is 5.69 Å². The average molecular weight is 490 g/mol. The van der Waals surface area contributed by atoms with E-state index >= 15 is 0 Å². The van der Waals surface area contributed by atoms with Crippen LogP contribution in [0, 0.1) is 6.92 Å². The summed E-state index contributed by atoms with van der Waals surface area (Å²) in [4.78, 5) is 15.1. The summed E-state index contributed by atoms with van der Waals surface area (Å²) < 4.78 is 12.8. The molecule has 3 heterocycles. The van der Waals surface area contributed by atoms with Crippen LogP contribution in [0.2, 0.25) is 0 Å². The predicted octanol–water partition coefficient (Wildman–Crippen LogP) is 4.40. The van der Waals surface area contributed by atoms with Crippen LogP contribution in [0.1, 0.15) is 11.3 Å². The Kier molecular flexibility index (Phi) is 7.27. The van der Waals surface area contributed by atoms with Gasteiger partial charge >= 0.3 is 0 Å². The second-order valence-electron chi connectivity index (χ2n) is 8.29. The standard InChI is InChI=1S/C26H27N5O3S/c1-19-23(11-14-34-19)25-28-29-26(31(25)22-5-3-2-4-6-22)35-18-24(32)27-21-9-7-20(8-10-21)17-30-12-15-33-16-13-30/h2-11,14H,12-13,15-18H2,1H3,(H,27,32). The van der Waals surface area contributed by atoms with Crippen molar-refractivity contribution < 1.29 is 13.9 Å². The molecule has 2 aromatic heterocycles. The largest absolute Gasteiger partial charge is 0.469 e. The van der Waals surface area contributed by atoms with Gasteiger partial charge in [0.15, 0.2) is 11.0 Å². The monoisotopic (exact) mass is 489 g/mol. The third-order valence-corrected chi connectivity index (χ3v) is 6.76. The van der Waals surface area contributed by atoms with E-state index in [2.05, 4.69) is 32.5 Å². The van der Waals surface area contributed by atoms with Gasteiger partial charge in [-0.2, -0.15) is 0 Å². The lowest BCUT2D eigenvalue weighted by molar-refractivity contribution is -0.113. The Bertz CT molecular complexity index is 1260. The first-order valence-electron chi connectivity index (χ1n) is 11.5. The molecule has 1 amide bonds. The fourth-order valence-corrected chi connectivity index (χ4v) is 4.75. The molecule has 0 saturated carbocycles. The highest BCUT2D eigenvalue weighted by molar-refractivity contribution is 7.99. The smallest absolute Gasteiger partial charge is 0.234 e. The van der Waals surface area contributed by atoms with Crippen LogP contribution in [0.25, 0.3) is 17.1 Å². The molecule has 0 aliphatic carbocycles. The summed E-state index contributed by atoms with van der Waals surface area (Å²) >= 11 is 1.35. The van der Waals surface area contributed by atoms with Gasteiger partial charge < -0.3 is 14.5 Å². The van der Waals surface area contributed by atoms with E-state index in [1.165, 1.54) is 17.3 Å². The third-order valence-electron chi connectivity index (χ3n) is 5.83. The number of carbonyl (C=O) groups excluding carboxylic acids is 1. The molecular formula is C26H27N5O3S. The fraction of sp³-hybridized carbons (Fsp3) is 0.269. The number of amides is 1. The maximum atomic E-state index is 12.7. The zero-order chi connectivity index (χ0) is 24.0. The Labute approximate surface area is 208 Å². The number of thioether (sulfide) groups is 1. The molecule has 1 N–H and O–H groups in total. The summed E-state index contributed by atoms with van der Waals surface area (Å²) in [7, 11) is 0. The van der Waals surface area contributed by atoms with Gasteiger partial charge in [0.2, 0.25) is 5.91 Å². The van der Waals surface area contributed by atoms with Crippen molar-refractivity contribution in [1.82, 2.24) is 19.7 Å². The second kappa shape index (κ2) is 10.9. The number of anilines is 1. The van der Waals surface area contributed by atoms with Gasteiger partial charge in [-0.25, -0.2) is 0 Å². The summed E-state index contributed by atoms with van der Waals surface area (Å²) in [6.07, 6.45) is 1.64. The number of nitrogens with zero attached hydrogens (tertiary/aromatic N) is 4. The van der Waals surface area contributed by atoms with Crippen LogP contribution >= 0.6 is 11.8 Å². The van der Waals surface area contributed by atoms with Crippen LogP contribution in [-0.2, 0) is 16.1 Å². The number of aromatic nitrogens is 3. The molecule has 8 nitrogen and oxygen atoms in total. The van der Waals surface area contributed by atoms with Crippen LogP contribution in [0.15, 0.2) is 76.5 Å². The number of hydrogen-bond donors (Lipinski definition) is 1. The van der Waals surface area contributed by atoms with E-state index in [0.717, 1.165) is 55.5 Å². The number of benzene rings is 2. The van der Waals surface area contributed by atoms with Crippen LogP contribution < -0.4 is 5.32 Å². The first-order chi connectivity index (χ1) is 17.2. The van der Waals surface area contributed by atoms with Crippen molar-refractivity contribution in [1.29, 1.82) is 0 Å². The second-order valence-corrected chi connectivity index (χ2v) is 9.23. The number of rotatable bonds is 8. The van der Waals surface area contributed by atoms with Gasteiger partial charge in [0.1, 0.15) is 5.76 Å². The maximum Gasteiger partial charge on any atom is 0.234 e. The van der Waals surface area contributed by atoms with Crippen molar-refractivity contribution in [2.75, 3.05) is 37.4 Å². The van der Waals surface area contributed by atoms with Gasteiger partial charge in [-0.05, 0) is 42.8 Å². The highest BCUT2D eigenvalue weighted by atomic mass is 32.2. The molecule has 1 aliphatic heterocycles. The lowest BCUT2D eigenvalue weighted by Gasteiger charge is -2.26. The lowest BCUT2D eigenvalue weighted by atomic mass is 10.2. The van der Waals surface area contributed by atoms with E-state index in [4.69, 9.17) is 9.15 Å². The third kappa shape index (κ3) is 5.64. The minimum atomic E-state index is -0.0976. The average Bonchev–Trinajstić information content (AvgIpc) is 3.50. The summed E-state index contributed by atoms with van der Waals surface area (Å²) in [6.45, 7) is 6.25. The number of nitrogens with one attached hydrogen (secondary N) is 1. The van der Waals surface area contributed by atoms with Gasteiger partial charge in [0.05, 0.1) is 30.8 Å². The molecule has 5 rings (SSSR count). The molecule has 2 aromatic carbocycles. The molecule has 0 atom stereocenters. The topological polar surface area (TPSA) is 85.4 Å². The van der Waals surface area contributed by atoms with E-state index in [-0.39, 0.29) is 11.7 Å². The molecule has 0 spiro atoms. The SMILES string of the molecule is Cc1occc1-c1nnc(SCC(=O)Nc2ccc(CN3CCOCC3)cc2)n1-c1ccccc1. The zero-order valence-corrected chi connectivity index (χ0v) is 20.3. The highest BCUT2D eigenvalue weighted by Crippen LogP contribution is 2.30. The normalized spacial score (nSPS) is 14.2. The lowest BCUT2D eigenvalue weighted by Crippen LogP contribution is -2.35. The number of furan rings is 1. The van der Waals surface area contributed by atoms with Gasteiger partial charge in [0.25, 0.3) is 0 Å². The van der Waals surface area contributed by atoms with Crippen LogP contribution in [0.3, 0.4) is 0 Å². The molecule has 35 heavy (non-hydrogen) atoms. The molecule has 4 aromatic rings. The van der Waals surface area contributed by atoms with Crippen molar-refractivity contribution in [3.05, 3.63) is 78.3 Å². The Morgan fingerprint density at radius 1 is 1.03 bits per heavy atom. The summed E-state index contributed by atoms with van der Waals surface area (Å²) in [5, 5.41) is 12.4. The first kappa shape index (κ1) is 23.3. The van der Waals surface area contributed by atoms with Crippen molar-refractivity contribution >= 4 is 23.4 Å². The van der Waals surface area contributed by atoms with Crippen molar-refractivity contribution in [2.24, 2.45) is 0 Å². The fourth-order valence-electron chi connectivity index (χ4n) is 4.00. The van der Waals surface area contributed by atoms with E-state index in [1.54, 1.807) is 6.26 Å². The number of morpholine rings is 1. The molecule has 180 valence electrons. The Morgan fingerprint density at radius 3 is 2.51 bits per heavy atom. The predicted molar refractivity (Wildman–Crippen MR) is 136 cm³/mol. The summed E-state index contributed by atoms with van der Waals surface area (Å²) in [5.74, 6) is 1.56. The number of carbonyl (C=O) groups is 1. The Morgan fingerprint density at radius 2 is 1.80 bits per heavy atom. The van der Waals surface area contributed by atoms with Crippen molar-refractivity contribution in [3.8, 4) is 17.1 Å². The van der Waals surface area contributed by atoms with E-state index in [9.17, 15) is 4.79 Å². The quantitative estimate of drug-likeness (QED) is 0.367. The minimum absolute atomic E-state index is 0.0976. The molecule has 0 unspecified atom stereocenters. The van der Waals surface area contributed by atoms with E-state index in [0.29, 0.717) is 11.0 Å². The molecule has 1 fully saturated rings. The van der Waals surface area contributed by atoms with Gasteiger partial charge in [-0.1, -0.05) is 42.1 Å². The zero-order valence-electron chi connectivity index (χ0n) is 19.5. The molecule has 1 aliphatic rings. The number of aryl methyl sites for hydroxylation is 1. The molecular weight excluding hydrogens is 462 g/mol. The van der Waals surface area contributed by atoms with Gasteiger partial charge in [0, 0.05) is 31.0 Å². The van der Waals surface area contributed by atoms with Crippen LogP contribution in [0.5, 0.6) is 0 Å². The number of para-hydroxylation sites is 1. The molecule has 0 bridgehead atoms. The first-order valence-corrected chi connectivity index (χ1v) is 12.5. The number of ether oxygens (including phenoxy) is 1. The van der Waals surface area contributed by atoms with Crippen molar-refractivity contribution in [2.45, 2.75) is 18.6 Å². The van der Waals surface area contributed by atoms with Crippen LogP contribution in [-0.4, -0.2) is 57.6 Å². The van der Waals surface area contributed by atoms with E-state index < -0.39 is 0 Å². The molecule has 0 radical (unpaired) electrons. The summed E-state index contributed by atoms with van der Waals surface area (Å²) in [6, 6.07) is 19.8. The molecule has 1 saturated heterocycles.